The molecule has 0 unspecified atom stereocenters. The second-order valence-electron chi connectivity index (χ2n) is 3.38. The number of hydrogen-bond acceptors (Lipinski definition) is 1. The zero-order valence-electron chi connectivity index (χ0n) is 6.85. The Morgan fingerprint density at radius 1 is 1.64 bits per heavy atom. The van der Waals surface area contributed by atoms with Gasteiger partial charge in [-0.15, -0.1) is 11.6 Å². The maximum atomic E-state index is 10.4. The van der Waals surface area contributed by atoms with E-state index in [1.54, 1.807) is 0 Å². The predicted molar refractivity (Wildman–Crippen MR) is 45.9 cm³/mol. The summed E-state index contributed by atoms with van der Waals surface area (Å²) in [5.41, 5.74) is 0.0486. The fourth-order valence-corrected chi connectivity index (χ4v) is 0.795. The van der Waals surface area contributed by atoms with Crippen LogP contribution in [0.1, 0.15) is 20.3 Å². The van der Waals surface area contributed by atoms with Gasteiger partial charge in [-0.25, -0.2) is 4.79 Å². The van der Waals surface area contributed by atoms with Crippen molar-refractivity contribution in [2.45, 2.75) is 20.3 Å². The van der Waals surface area contributed by atoms with Crippen LogP contribution in [0, 0.1) is 5.41 Å². The van der Waals surface area contributed by atoms with Gasteiger partial charge in [0, 0.05) is 11.5 Å². The number of carboxylic acids is 1. The highest BCUT2D eigenvalue weighted by atomic mass is 35.5. The number of aliphatic carboxylic acids is 1. The lowest BCUT2D eigenvalue weighted by Gasteiger charge is -2.20. The van der Waals surface area contributed by atoms with E-state index in [-0.39, 0.29) is 11.0 Å². The minimum absolute atomic E-state index is 0.170. The molecule has 0 aliphatic carbocycles. The van der Waals surface area contributed by atoms with Gasteiger partial charge < -0.3 is 5.11 Å². The standard InChI is InChI=1S/C8H13ClO2/c1-6(7(10)11)4-8(2,3)5-9/h1,4-5H2,2-3H3,(H,10,11). The zero-order chi connectivity index (χ0) is 9.07. The molecule has 0 atom stereocenters. The molecule has 0 aromatic rings. The van der Waals surface area contributed by atoms with Crippen LogP contribution in [0.2, 0.25) is 0 Å². The van der Waals surface area contributed by atoms with Crippen LogP contribution < -0.4 is 0 Å². The van der Waals surface area contributed by atoms with E-state index in [9.17, 15) is 4.79 Å². The van der Waals surface area contributed by atoms with Gasteiger partial charge in [0.05, 0.1) is 0 Å². The molecule has 0 heterocycles. The first-order valence-corrected chi connectivity index (χ1v) is 3.89. The zero-order valence-corrected chi connectivity index (χ0v) is 7.61. The summed E-state index contributed by atoms with van der Waals surface area (Å²) in [5, 5.41) is 8.50. The summed E-state index contributed by atoms with van der Waals surface area (Å²) in [6.07, 6.45) is 0.436. The van der Waals surface area contributed by atoms with Crippen LogP contribution in [0.4, 0.5) is 0 Å². The molecule has 0 aliphatic heterocycles. The van der Waals surface area contributed by atoms with Crippen LogP contribution in [0.3, 0.4) is 0 Å². The molecule has 3 heteroatoms. The van der Waals surface area contributed by atoms with Crippen LogP contribution in [0.15, 0.2) is 12.2 Å². The van der Waals surface area contributed by atoms with Crippen molar-refractivity contribution in [1.82, 2.24) is 0 Å². The number of alkyl halides is 1. The molecule has 0 aromatic carbocycles. The number of halogens is 1. The van der Waals surface area contributed by atoms with Crippen molar-refractivity contribution in [2.24, 2.45) is 5.41 Å². The molecule has 64 valence electrons. The van der Waals surface area contributed by atoms with Crippen LogP contribution in [0.25, 0.3) is 0 Å². The third-order valence-electron chi connectivity index (χ3n) is 1.36. The Kier molecular flexibility index (Phi) is 3.59. The normalized spacial score (nSPS) is 11.2. The molecule has 11 heavy (non-hydrogen) atoms. The highest BCUT2D eigenvalue weighted by Crippen LogP contribution is 2.25. The molecule has 2 nitrogen and oxygen atoms in total. The molecule has 0 radical (unpaired) electrons. The lowest BCUT2D eigenvalue weighted by molar-refractivity contribution is -0.133. The number of carbonyl (C=O) groups is 1. The monoisotopic (exact) mass is 176 g/mol. The Hall–Kier alpha value is -0.500. The van der Waals surface area contributed by atoms with Crippen LogP contribution >= 0.6 is 11.6 Å². The van der Waals surface area contributed by atoms with Gasteiger partial charge in [-0.1, -0.05) is 20.4 Å². The molecular weight excluding hydrogens is 164 g/mol. The Labute approximate surface area is 71.9 Å². The summed E-state index contributed by atoms with van der Waals surface area (Å²) in [5.74, 6) is -0.498. The largest absolute Gasteiger partial charge is 0.478 e. The second-order valence-corrected chi connectivity index (χ2v) is 3.65. The third kappa shape index (κ3) is 4.04. The highest BCUT2D eigenvalue weighted by Gasteiger charge is 2.20. The third-order valence-corrected chi connectivity index (χ3v) is 2.08. The second kappa shape index (κ2) is 3.77. The average molecular weight is 177 g/mol. The molecule has 0 rings (SSSR count). The van der Waals surface area contributed by atoms with Gasteiger partial charge in [0.2, 0.25) is 0 Å². The summed E-state index contributed by atoms with van der Waals surface area (Å²) < 4.78 is 0. The first kappa shape index (κ1) is 10.5. The molecule has 0 bridgehead atoms. The van der Waals surface area contributed by atoms with E-state index in [0.29, 0.717) is 12.3 Å². The van der Waals surface area contributed by atoms with Gasteiger partial charge in [-0.2, -0.15) is 0 Å². The van der Waals surface area contributed by atoms with E-state index >= 15 is 0 Å². The SMILES string of the molecule is C=C(CC(C)(C)CCl)C(=O)O. The molecule has 0 saturated carbocycles. The van der Waals surface area contributed by atoms with Crippen molar-refractivity contribution in [2.75, 3.05) is 5.88 Å². The van der Waals surface area contributed by atoms with E-state index in [1.165, 1.54) is 0 Å². The van der Waals surface area contributed by atoms with Gasteiger partial charge >= 0.3 is 5.97 Å². The van der Waals surface area contributed by atoms with Gasteiger partial charge in [-0.05, 0) is 11.8 Å². The molecule has 0 spiro atoms. The van der Waals surface area contributed by atoms with Crippen molar-refractivity contribution in [3.63, 3.8) is 0 Å². The average Bonchev–Trinajstić information content (AvgIpc) is 1.87. The Balaban J connectivity index is 4.04. The lowest BCUT2D eigenvalue weighted by atomic mass is 9.88. The molecule has 0 saturated heterocycles. The highest BCUT2D eigenvalue weighted by molar-refractivity contribution is 6.18. The van der Waals surface area contributed by atoms with Gasteiger partial charge in [0.25, 0.3) is 0 Å². The summed E-state index contributed by atoms with van der Waals surface area (Å²) in [6.45, 7) is 7.25. The molecule has 0 aliphatic rings. The first-order chi connectivity index (χ1) is 4.89. The van der Waals surface area contributed by atoms with Gasteiger partial charge in [0.1, 0.15) is 0 Å². The van der Waals surface area contributed by atoms with Crippen molar-refractivity contribution >= 4 is 17.6 Å². The van der Waals surface area contributed by atoms with Crippen LogP contribution in [-0.4, -0.2) is 17.0 Å². The summed E-state index contributed by atoms with van der Waals surface area (Å²) in [7, 11) is 0. The molecule has 0 fully saturated rings. The quantitative estimate of drug-likeness (QED) is 0.527. The van der Waals surface area contributed by atoms with E-state index in [0.717, 1.165) is 0 Å². The molecule has 0 aromatic heterocycles. The smallest absolute Gasteiger partial charge is 0.330 e. The van der Waals surface area contributed by atoms with Crippen molar-refractivity contribution in [1.29, 1.82) is 0 Å². The van der Waals surface area contributed by atoms with Gasteiger partial charge in [0.15, 0.2) is 0 Å². The summed E-state index contributed by atoms with van der Waals surface area (Å²) in [6, 6.07) is 0. The predicted octanol–water partition coefficient (Wildman–Crippen LogP) is 2.28. The van der Waals surface area contributed by atoms with Gasteiger partial charge in [-0.3, -0.25) is 0 Å². The minimum Gasteiger partial charge on any atom is -0.478 e. The minimum atomic E-state index is -0.941. The number of hydrogen-bond donors (Lipinski definition) is 1. The fourth-order valence-electron chi connectivity index (χ4n) is 0.701. The molecule has 0 amide bonds. The molecule has 1 N–H and O–H groups in total. The van der Waals surface area contributed by atoms with Crippen molar-refractivity contribution in [3.05, 3.63) is 12.2 Å². The number of carboxylic acid groups (broad SMARTS) is 1. The summed E-state index contributed by atoms with van der Waals surface area (Å²) >= 11 is 5.61. The van der Waals surface area contributed by atoms with Crippen molar-refractivity contribution < 1.29 is 9.90 Å². The maximum absolute atomic E-state index is 10.4. The number of rotatable bonds is 4. The Morgan fingerprint density at radius 3 is 2.36 bits per heavy atom. The maximum Gasteiger partial charge on any atom is 0.330 e. The van der Waals surface area contributed by atoms with E-state index in [1.807, 2.05) is 13.8 Å². The fraction of sp³-hybridized carbons (Fsp3) is 0.625. The summed E-state index contributed by atoms with van der Waals surface area (Å²) in [4.78, 5) is 10.4. The van der Waals surface area contributed by atoms with Crippen LogP contribution in [-0.2, 0) is 4.79 Å². The van der Waals surface area contributed by atoms with E-state index < -0.39 is 5.97 Å². The lowest BCUT2D eigenvalue weighted by Crippen LogP contribution is -2.16. The topological polar surface area (TPSA) is 37.3 Å². The van der Waals surface area contributed by atoms with Crippen LogP contribution in [0.5, 0.6) is 0 Å². The first-order valence-electron chi connectivity index (χ1n) is 3.36. The Morgan fingerprint density at radius 2 is 2.09 bits per heavy atom. The van der Waals surface area contributed by atoms with E-state index in [4.69, 9.17) is 16.7 Å². The molecular formula is C8H13ClO2. The Bertz CT molecular complexity index is 173. The van der Waals surface area contributed by atoms with Crippen molar-refractivity contribution in [3.8, 4) is 0 Å². The van der Waals surface area contributed by atoms with E-state index in [2.05, 4.69) is 6.58 Å².